The van der Waals surface area contributed by atoms with E-state index in [1.807, 2.05) is 6.07 Å². The van der Waals surface area contributed by atoms with Crippen LogP contribution in [-0.4, -0.2) is 5.71 Å². The second kappa shape index (κ2) is 3.78. The van der Waals surface area contributed by atoms with Crippen molar-refractivity contribution >= 4 is 28.9 Å². The molecule has 0 amide bonds. The summed E-state index contributed by atoms with van der Waals surface area (Å²) in [5.41, 5.74) is 1.61. The van der Waals surface area contributed by atoms with Crippen LogP contribution in [0.4, 0.5) is 0 Å². The van der Waals surface area contributed by atoms with Crippen LogP contribution in [0.5, 0.6) is 0 Å². The summed E-state index contributed by atoms with van der Waals surface area (Å²) in [5.74, 6) is 5.10. The highest BCUT2D eigenvalue weighted by Crippen LogP contribution is 2.22. The second-order valence-electron chi connectivity index (χ2n) is 2.34. The molecule has 0 saturated heterocycles. The number of hydrogen-bond acceptors (Lipinski definition) is 2. The van der Waals surface area contributed by atoms with E-state index in [0.29, 0.717) is 10.0 Å². The van der Waals surface area contributed by atoms with Gasteiger partial charge in [0.1, 0.15) is 0 Å². The molecule has 0 aliphatic rings. The molecule has 1 aromatic rings. The molecule has 0 aromatic heterocycles. The van der Waals surface area contributed by atoms with Crippen LogP contribution >= 0.6 is 23.2 Å². The van der Waals surface area contributed by atoms with Gasteiger partial charge in [-0.2, -0.15) is 5.10 Å². The molecule has 12 heavy (non-hydrogen) atoms. The molecule has 0 unspecified atom stereocenters. The Morgan fingerprint density at radius 1 is 1.33 bits per heavy atom. The number of halogens is 2. The third-order valence-corrected chi connectivity index (χ3v) is 2.27. The fourth-order valence-corrected chi connectivity index (χ4v) is 1.09. The molecule has 2 N–H and O–H groups in total. The fourth-order valence-electron chi connectivity index (χ4n) is 0.796. The molecule has 1 aromatic carbocycles. The van der Waals surface area contributed by atoms with Crippen molar-refractivity contribution in [3.63, 3.8) is 0 Å². The van der Waals surface area contributed by atoms with E-state index in [1.165, 1.54) is 0 Å². The van der Waals surface area contributed by atoms with Gasteiger partial charge in [0.25, 0.3) is 0 Å². The van der Waals surface area contributed by atoms with E-state index in [4.69, 9.17) is 29.0 Å². The van der Waals surface area contributed by atoms with E-state index in [-0.39, 0.29) is 0 Å². The van der Waals surface area contributed by atoms with Gasteiger partial charge in [-0.05, 0) is 24.6 Å². The summed E-state index contributed by atoms with van der Waals surface area (Å²) < 4.78 is 0. The van der Waals surface area contributed by atoms with Gasteiger partial charge in [0, 0.05) is 0 Å². The highest BCUT2D eigenvalue weighted by molar-refractivity contribution is 6.42. The van der Waals surface area contributed by atoms with Crippen LogP contribution < -0.4 is 5.84 Å². The zero-order chi connectivity index (χ0) is 9.14. The molecular formula is C8H8Cl2N2. The zero-order valence-electron chi connectivity index (χ0n) is 6.51. The van der Waals surface area contributed by atoms with Crippen LogP contribution in [0.2, 0.25) is 10.0 Å². The van der Waals surface area contributed by atoms with E-state index in [9.17, 15) is 0 Å². The van der Waals surface area contributed by atoms with E-state index in [1.54, 1.807) is 19.1 Å². The topological polar surface area (TPSA) is 38.4 Å². The van der Waals surface area contributed by atoms with E-state index in [2.05, 4.69) is 5.10 Å². The molecule has 0 spiro atoms. The van der Waals surface area contributed by atoms with Gasteiger partial charge in [-0.25, -0.2) is 0 Å². The van der Waals surface area contributed by atoms with Crippen molar-refractivity contribution < 1.29 is 0 Å². The number of benzene rings is 1. The van der Waals surface area contributed by atoms with Gasteiger partial charge in [-0.3, -0.25) is 0 Å². The predicted molar refractivity (Wildman–Crippen MR) is 52.9 cm³/mol. The summed E-state index contributed by atoms with van der Waals surface area (Å²) in [6, 6.07) is 5.27. The quantitative estimate of drug-likeness (QED) is 0.425. The smallest absolute Gasteiger partial charge is 0.0642 e. The minimum absolute atomic E-state index is 0.511. The van der Waals surface area contributed by atoms with Crippen molar-refractivity contribution in [2.45, 2.75) is 6.92 Å². The van der Waals surface area contributed by atoms with Crippen molar-refractivity contribution in [2.75, 3.05) is 0 Å². The predicted octanol–water partition coefficient (Wildman–Crippen LogP) is 2.68. The lowest BCUT2D eigenvalue weighted by molar-refractivity contribution is 1.24. The zero-order valence-corrected chi connectivity index (χ0v) is 8.02. The maximum atomic E-state index is 5.79. The van der Waals surface area contributed by atoms with Crippen molar-refractivity contribution in [1.29, 1.82) is 0 Å². The van der Waals surface area contributed by atoms with Gasteiger partial charge in [0.15, 0.2) is 0 Å². The Hall–Kier alpha value is -0.730. The largest absolute Gasteiger partial charge is 0.323 e. The molecule has 0 saturated carbocycles. The first-order chi connectivity index (χ1) is 5.65. The average molecular weight is 203 g/mol. The Kier molecular flexibility index (Phi) is 2.95. The van der Waals surface area contributed by atoms with E-state index >= 15 is 0 Å². The first-order valence-electron chi connectivity index (χ1n) is 3.35. The molecule has 4 heteroatoms. The highest BCUT2D eigenvalue weighted by atomic mass is 35.5. The fraction of sp³-hybridized carbons (Fsp3) is 0.125. The maximum absolute atomic E-state index is 5.79. The Labute approximate surface area is 81.0 Å². The molecule has 0 atom stereocenters. The molecule has 0 radical (unpaired) electrons. The van der Waals surface area contributed by atoms with Gasteiger partial charge >= 0.3 is 0 Å². The Bertz CT molecular complexity index is 321. The minimum Gasteiger partial charge on any atom is -0.323 e. The lowest BCUT2D eigenvalue weighted by Gasteiger charge is -2.00. The summed E-state index contributed by atoms with van der Waals surface area (Å²) in [6.45, 7) is 1.81. The molecule has 0 fully saturated rings. The molecule has 64 valence electrons. The number of nitrogens with two attached hydrogens (primary N) is 1. The monoisotopic (exact) mass is 202 g/mol. The van der Waals surface area contributed by atoms with Crippen molar-refractivity contribution in [3.8, 4) is 0 Å². The Morgan fingerprint density at radius 3 is 2.50 bits per heavy atom. The molecule has 1 rings (SSSR count). The Balaban J connectivity index is 3.13. The first-order valence-corrected chi connectivity index (χ1v) is 4.10. The lowest BCUT2D eigenvalue weighted by atomic mass is 10.1. The van der Waals surface area contributed by atoms with Crippen molar-refractivity contribution in [1.82, 2.24) is 0 Å². The van der Waals surface area contributed by atoms with E-state index < -0.39 is 0 Å². The Morgan fingerprint density at radius 2 is 2.00 bits per heavy atom. The van der Waals surface area contributed by atoms with Crippen molar-refractivity contribution in [2.24, 2.45) is 10.9 Å². The summed E-state index contributed by atoms with van der Waals surface area (Å²) in [7, 11) is 0. The maximum Gasteiger partial charge on any atom is 0.0642 e. The first kappa shape index (κ1) is 9.36. The average Bonchev–Trinajstić information content (AvgIpc) is 2.08. The van der Waals surface area contributed by atoms with Crippen molar-refractivity contribution in [3.05, 3.63) is 33.8 Å². The van der Waals surface area contributed by atoms with Gasteiger partial charge in [-0.1, -0.05) is 29.3 Å². The molecule has 0 bridgehead atoms. The summed E-state index contributed by atoms with van der Waals surface area (Å²) in [5, 5.41) is 4.59. The van der Waals surface area contributed by atoms with Gasteiger partial charge in [-0.15, -0.1) is 0 Å². The lowest BCUT2D eigenvalue weighted by Crippen LogP contribution is -1.98. The highest BCUT2D eigenvalue weighted by Gasteiger charge is 2.01. The SMILES string of the molecule is CC(=NN)c1ccc(Cl)c(Cl)c1. The van der Waals surface area contributed by atoms with Crippen LogP contribution in [0.15, 0.2) is 23.3 Å². The van der Waals surface area contributed by atoms with Crippen LogP contribution in [-0.2, 0) is 0 Å². The third-order valence-electron chi connectivity index (χ3n) is 1.53. The van der Waals surface area contributed by atoms with Gasteiger partial charge in [0.2, 0.25) is 0 Å². The third kappa shape index (κ3) is 1.90. The van der Waals surface area contributed by atoms with Crippen LogP contribution in [0.3, 0.4) is 0 Å². The molecule has 0 aliphatic heterocycles. The molecular weight excluding hydrogens is 195 g/mol. The number of nitrogens with zero attached hydrogens (tertiary/aromatic N) is 1. The van der Waals surface area contributed by atoms with Crippen LogP contribution in [0, 0.1) is 0 Å². The van der Waals surface area contributed by atoms with E-state index in [0.717, 1.165) is 11.3 Å². The summed E-state index contributed by atoms with van der Waals surface area (Å²) >= 11 is 11.5. The molecule has 0 heterocycles. The summed E-state index contributed by atoms with van der Waals surface area (Å²) in [6.07, 6.45) is 0. The molecule has 2 nitrogen and oxygen atoms in total. The number of hydrogen-bond donors (Lipinski definition) is 1. The standard InChI is InChI=1S/C8H8Cl2N2/c1-5(12-11)6-2-3-7(9)8(10)4-6/h2-4H,11H2,1H3. The van der Waals surface area contributed by atoms with Crippen LogP contribution in [0.25, 0.3) is 0 Å². The number of rotatable bonds is 1. The van der Waals surface area contributed by atoms with Crippen LogP contribution in [0.1, 0.15) is 12.5 Å². The van der Waals surface area contributed by atoms with Gasteiger partial charge < -0.3 is 5.84 Å². The minimum atomic E-state index is 0.511. The summed E-state index contributed by atoms with van der Waals surface area (Å²) in [4.78, 5) is 0. The van der Waals surface area contributed by atoms with Gasteiger partial charge in [0.05, 0.1) is 15.8 Å². The second-order valence-corrected chi connectivity index (χ2v) is 3.16. The normalized spacial score (nSPS) is 11.8. The number of hydrazone groups is 1. The molecule has 0 aliphatic carbocycles.